The predicted molar refractivity (Wildman–Crippen MR) is 63.3 cm³/mol. The minimum Gasteiger partial charge on any atom is -0.374 e. The van der Waals surface area contributed by atoms with Crippen LogP contribution >= 0.6 is 0 Å². The fourth-order valence-electron chi connectivity index (χ4n) is 1.78. The summed E-state index contributed by atoms with van der Waals surface area (Å²) >= 11 is 0. The van der Waals surface area contributed by atoms with Crippen molar-refractivity contribution in [3.63, 3.8) is 0 Å². The number of morpholine rings is 1. The first-order valence-corrected chi connectivity index (χ1v) is 5.86. The zero-order valence-corrected chi connectivity index (χ0v) is 10.5. The van der Waals surface area contributed by atoms with Gasteiger partial charge in [0.15, 0.2) is 0 Å². The lowest BCUT2D eigenvalue weighted by atomic mass is 10.1. The Morgan fingerprint density at radius 1 is 1.62 bits per heavy atom. The molecule has 0 aromatic heterocycles. The average molecular weight is 229 g/mol. The molecule has 1 aliphatic rings. The van der Waals surface area contributed by atoms with Gasteiger partial charge in [-0.15, -0.1) is 0 Å². The number of hydrogen-bond acceptors (Lipinski definition) is 4. The Hall–Kier alpha value is -0.650. The minimum absolute atomic E-state index is 0.00585. The number of likely N-dealkylation sites (N-methyl/N-ethyl adjacent to an activating group) is 1. The van der Waals surface area contributed by atoms with Crippen molar-refractivity contribution < 1.29 is 9.53 Å². The Morgan fingerprint density at radius 2 is 2.38 bits per heavy atom. The Morgan fingerprint density at radius 3 is 3.00 bits per heavy atom. The molecule has 0 aliphatic carbocycles. The number of ether oxygens (including phenoxy) is 1. The van der Waals surface area contributed by atoms with Crippen molar-refractivity contribution in [1.82, 2.24) is 15.5 Å². The minimum atomic E-state index is 0.00585. The molecule has 1 rings (SSSR count). The number of carbonyl (C=O) groups excluding carboxylic acids is 1. The maximum atomic E-state index is 11.6. The Kier molecular flexibility index (Phi) is 5.73. The molecule has 2 unspecified atom stereocenters. The largest absolute Gasteiger partial charge is 0.374 e. The third-order valence-electron chi connectivity index (χ3n) is 2.80. The molecule has 0 radical (unpaired) electrons. The Labute approximate surface area is 97.5 Å². The van der Waals surface area contributed by atoms with Gasteiger partial charge in [-0.25, -0.2) is 0 Å². The van der Waals surface area contributed by atoms with E-state index >= 15 is 0 Å². The predicted octanol–water partition coefficient (Wildman–Crippen LogP) is -0.711. The molecule has 0 aromatic carbocycles. The highest BCUT2D eigenvalue weighted by Crippen LogP contribution is 2.02. The van der Waals surface area contributed by atoms with Crippen molar-refractivity contribution in [2.45, 2.75) is 13.0 Å². The van der Waals surface area contributed by atoms with Gasteiger partial charge in [0.25, 0.3) is 0 Å². The van der Waals surface area contributed by atoms with Gasteiger partial charge >= 0.3 is 0 Å². The molecule has 0 bridgehead atoms. The van der Waals surface area contributed by atoms with E-state index in [0.717, 1.165) is 19.7 Å². The first-order chi connectivity index (χ1) is 7.63. The topological polar surface area (TPSA) is 53.6 Å². The van der Waals surface area contributed by atoms with Crippen molar-refractivity contribution in [3.8, 4) is 0 Å². The summed E-state index contributed by atoms with van der Waals surface area (Å²) in [5.41, 5.74) is 0. The Balaban J connectivity index is 2.20. The van der Waals surface area contributed by atoms with E-state index in [1.54, 1.807) is 0 Å². The summed E-state index contributed by atoms with van der Waals surface area (Å²) in [6.45, 7) is 5.85. The van der Waals surface area contributed by atoms with Crippen LogP contribution in [0.5, 0.6) is 0 Å². The van der Waals surface area contributed by atoms with Gasteiger partial charge in [-0.3, -0.25) is 4.79 Å². The lowest BCUT2D eigenvalue weighted by Gasteiger charge is -2.30. The molecule has 0 saturated carbocycles. The van der Waals surface area contributed by atoms with Crippen LogP contribution in [0.25, 0.3) is 0 Å². The van der Waals surface area contributed by atoms with Crippen LogP contribution < -0.4 is 10.6 Å². The number of rotatable bonds is 5. The van der Waals surface area contributed by atoms with Crippen molar-refractivity contribution in [2.75, 3.05) is 46.9 Å². The van der Waals surface area contributed by atoms with Crippen LogP contribution in [0.2, 0.25) is 0 Å². The van der Waals surface area contributed by atoms with Crippen molar-refractivity contribution in [2.24, 2.45) is 5.92 Å². The lowest BCUT2D eigenvalue weighted by Crippen LogP contribution is -2.47. The molecule has 1 amide bonds. The molecule has 5 heteroatoms. The molecule has 2 N–H and O–H groups in total. The second-order valence-electron chi connectivity index (χ2n) is 4.46. The molecular formula is C11H23N3O2. The van der Waals surface area contributed by atoms with E-state index in [4.69, 9.17) is 4.74 Å². The summed E-state index contributed by atoms with van der Waals surface area (Å²) in [4.78, 5) is 13.9. The van der Waals surface area contributed by atoms with Gasteiger partial charge < -0.3 is 20.3 Å². The number of amides is 1. The molecule has 16 heavy (non-hydrogen) atoms. The summed E-state index contributed by atoms with van der Waals surface area (Å²) < 4.78 is 5.57. The van der Waals surface area contributed by atoms with Crippen molar-refractivity contribution in [3.05, 3.63) is 0 Å². The number of hydrogen-bond donors (Lipinski definition) is 2. The second-order valence-corrected chi connectivity index (χ2v) is 4.46. The summed E-state index contributed by atoms with van der Waals surface area (Å²) in [6, 6.07) is 0. The fourth-order valence-corrected chi connectivity index (χ4v) is 1.78. The van der Waals surface area contributed by atoms with Gasteiger partial charge in [0.2, 0.25) is 5.91 Å². The van der Waals surface area contributed by atoms with Crippen molar-refractivity contribution in [1.29, 1.82) is 0 Å². The summed E-state index contributed by atoms with van der Waals surface area (Å²) in [7, 11) is 3.92. The van der Waals surface area contributed by atoms with Crippen LogP contribution in [-0.2, 0) is 9.53 Å². The molecule has 5 nitrogen and oxygen atoms in total. The van der Waals surface area contributed by atoms with E-state index < -0.39 is 0 Å². The maximum absolute atomic E-state index is 11.6. The molecule has 0 aromatic rings. The van der Waals surface area contributed by atoms with E-state index in [1.165, 1.54) is 0 Å². The standard InChI is InChI=1S/C11H23N3O2/c1-9(6-12-2)11(15)13-7-10-8-14(3)4-5-16-10/h9-10,12H,4-8H2,1-3H3,(H,13,15). The highest BCUT2D eigenvalue weighted by molar-refractivity contribution is 5.78. The maximum Gasteiger partial charge on any atom is 0.224 e. The number of carbonyl (C=O) groups is 1. The zero-order valence-electron chi connectivity index (χ0n) is 10.5. The molecule has 1 fully saturated rings. The van der Waals surface area contributed by atoms with Crippen LogP contribution in [0.4, 0.5) is 0 Å². The SMILES string of the molecule is CNCC(C)C(=O)NCC1CN(C)CCO1. The summed E-state index contributed by atoms with van der Waals surface area (Å²) in [5.74, 6) is 0.0949. The number of nitrogens with one attached hydrogen (secondary N) is 2. The van der Waals surface area contributed by atoms with Crippen LogP contribution in [0.3, 0.4) is 0 Å². The third kappa shape index (κ3) is 4.47. The highest BCUT2D eigenvalue weighted by Gasteiger charge is 2.19. The van der Waals surface area contributed by atoms with E-state index in [2.05, 4.69) is 22.6 Å². The van der Waals surface area contributed by atoms with E-state index in [-0.39, 0.29) is 17.9 Å². The quantitative estimate of drug-likeness (QED) is 0.654. The summed E-state index contributed by atoms with van der Waals surface area (Å²) in [6.07, 6.45) is 0.129. The first-order valence-electron chi connectivity index (χ1n) is 5.86. The highest BCUT2D eigenvalue weighted by atomic mass is 16.5. The van der Waals surface area contributed by atoms with Gasteiger partial charge in [0, 0.05) is 32.1 Å². The second kappa shape index (κ2) is 6.83. The van der Waals surface area contributed by atoms with Gasteiger partial charge in [-0.05, 0) is 14.1 Å². The molecule has 94 valence electrons. The molecule has 1 aliphatic heterocycles. The molecule has 2 atom stereocenters. The van der Waals surface area contributed by atoms with E-state index in [9.17, 15) is 4.79 Å². The van der Waals surface area contributed by atoms with Crippen LogP contribution in [0.15, 0.2) is 0 Å². The van der Waals surface area contributed by atoms with E-state index in [1.807, 2.05) is 14.0 Å². The average Bonchev–Trinajstić information content (AvgIpc) is 2.26. The molecular weight excluding hydrogens is 206 g/mol. The van der Waals surface area contributed by atoms with Gasteiger partial charge in [-0.1, -0.05) is 6.92 Å². The zero-order chi connectivity index (χ0) is 12.0. The summed E-state index contributed by atoms with van der Waals surface area (Å²) in [5, 5.41) is 5.92. The van der Waals surface area contributed by atoms with Crippen LogP contribution in [0, 0.1) is 5.92 Å². The molecule has 1 heterocycles. The monoisotopic (exact) mass is 229 g/mol. The molecule has 1 saturated heterocycles. The van der Waals surface area contributed by atoms with Gasteiger partial charge in [-0.2, -0.15) is 0 Å². The first kappa shape index (κ1) is 13.4. The van der Waals surface area contributed by atoms with Crippen LogP contribution in [-0.4, -0.2) is 63.8 Å². The number of nitrogens with zero attached hydrogens (tertiary/aromatic N) is 1. The third-order valence-corrected chi connectivity index (χ3v) is 2.80. The van der Waals surface area contributed by atoms with Gasteiger partial charge in [0.1, 0.15) is 0 Å². The normalized spacial score (nSPS) is 24.1. The lowest BCUT2D eigenvalue weighted by molar-refractivity contribution is -0.125. The molecule has 0 spiro atoms. The van der Waals surface area contributed by atoms with Crippen molar-refractivity contribution >= 4 is 5.91 Å². The van der Waals surface area contributed by atoms with Gasteiger partial charge in [0.05, 0.1) is 12.7 Å². The van der Waals surface area contributed by atoms with E-state index in [0.29, 0.717) is 13.1 Å². The van der Waals surface area contributed by atoms with Crippen LogP contribution in [0.1, 0.15) is 6.92 Å². The fraction of sp³-hybridized carbons (Fsp3) is 0.909. The smallest absolute Gasteiger partial charge is 0.224 e. The Bertz CT molecular complexity index is 223.